The summed E-state index contributed by atoms with van der Waals surface area (Å²) in [5.41, 5.74) is -0.0409. The topological polar surface area (TPSA) is 21.3 Å². The molecule has 0 heterocycles. The first-order valence-corrected chi connectivity index (χ1v) is 5.82. The van der Waals surface area contributed by atoms with E-state index in [-0.39, 0.29) is 11.7 Å². The van der Waals surface area contributed by atoms with E-state index in [2.05, 4.69) is 46.9 Å². The van der Waals surface area contributed by atoms with Crippen LogP contribution in [0.3, 0.4) is 0 Å². The molecule has 0 amide bonds. The fraction of sp³-hybridized carbons (Fsp3) is 1.00. The molecule has 0 saturated carbocycles. The van der Waals surface area contributed by atoms with Crippen molar-refractivity contribution in [2.24, 2.45) is 0 Å². The molecule has 0 fully saturated rings. The molecule has 2 nitrogen and oxygen atoms in total. The lowest BCUT2D eigenvalue weighted by molar-refractivity contribution is -0.0666. The molecule has 0 aliphatic rings. The summed E-state index contributed by atoms with van der Waals surface area (Å²) in [6, 6.07) is 0.481. The van der Waals surface area contributed by atoms with Crippen molar-refractivity contribution < 1.29 is 4.74 Å². The van der Waals surface area contributed by atoms with Gasteiger partial charge in [0.05, 0.1) is 11.7 Å². The largest absolute Gasteiger partial charge is 0.371 e. The van der Waals surface area contributed by atoms with Crippen LogP contribution in [-0.2, 0) is 4.74 Å². The van der Waals surface area contributed by atoms with Crippen LogP contribution < -0.4 is 5.32 Å². The molecule has 0 aromatic rings. The van der Waals surface area contributed by atoms with E-state index in [0.29, 0.717) is 6.04 Å². The monoisotopic (exact) mass is 201 g/mol. The summed E-state index contributed by atoms with van der Waals surface area (Å²) in [6.07, 6.45) is 2.59. The van der Waals surface area contributed by atoms with Gasteiger partial charge in [-0.05, 0) is 47.1 Å². The minimum Gasteiger partial charge on any atom is -0.371 e. The maximum absolute atomic E-state index is 5.93. The van der Waals surface area contributed by atoms with Gasteiger partial charge in [0.2, 0.25) is 0 Å². The lowest BCUT2D eigenvalue weighted by Gasteiger charge is -2.31. The van der Waals surface area contributed by atoms with Crippen molar-refractivity contribution in [2.45, 2.75) is 72.1 Å². The molecule has 0 aromatic carbocycles. The van der Waals surface area contributed by atoms with E-state index in [0.717, 1.165) is 13.0 Å². The third kappa shape index (κ3) is 6.39. The maximum atomic E-state index is 5.93. The fourth-order valence-corrected chi connectivity index (χ4v) is 1.61. The fourth-order valence-electron chi connectivity index (χ4n) is 1.61. The number of hydrogen-bond acceptors (Lipinski definition) is 2. The third-order valence-electron chi connectivity index (χ3n) is 2.20. The molecule has 1 N–H and O–H groups in total. The molecule has 0 aliphatic heterocycles. The lowest BCUT2D eigenvalue weighted by atomic mass is 10.1. The van der Waals surface area contributed by atoms with Crippen LogP contribution in [0.1, 0.15) is 54.4 Å². The van der Waals surface area contributed by atoms with E-state index >= 15 is 0 Å². The molecule has 86 valence electrons. The molecule has 2 atom stereocenters. The predicted octanol–water partition coefficient (Wildman–Crippen LogP) is 2.97. The zero-order valence-corrected chi connectivity index (χ0v) is 10.7. The van der Waals surface area contributed by atoms with E-state index in [9.17, 15) is 0 Å². The van der Waals surface area contributed by atoms with Crippen LogP contribution in [0.25, 0.3) is 0 Å². The second kappa shape index (κ2) is 6.41. The molecule has 0 saturated heterocycles. The van der Waals surface area contributed by atoms with E-state index in [1.807, 2.05) is 0 Å². The molecule has 2 heteroatoms. The average Bonchev–Trinajstić information content (AvgIpc) is 2.02. The Balaban J connectivity index is 3.97. The van der Waals surface area contributed by atoms with Crippen LogP contribution in [0.5, 0.6) is 0 Å². The minimum atomic E-state index is -0.0409. The van der Waals surface area contributed by atoms with Crippen molar-refractivity contribution in [1.29, 1.82) is 0 Å². The highest BCUT2D eigenvalue weighted by molar-refractivity contribution is 4.75. The first-order valence-electron chi connectivity index (χ1n) is 5.82. The van der Waals surface area contributed by atoms with Crippen LogP contribution in [0, 0.1) is 0 Å². The smallest absolute Gasteiger partial charge is 0.0706 e. The summed E-state index contributed by atoms with van der Waals surface area (Å²) in [5, 5.41) is 3.52. The first kappa shape index (κ1) is 13.9. The Morgan fingerprint density at radius 2 is 1.79 bits per heavy atom. The normalized spacial score (nSPS) is 16.7. The Hall–Kier alpha value is -0.0800. The zero-order chi connectivity index (χ0) is 11.2. The standard InChI is InChI=1S/C12H27NO/c1-7-9-13-11(8-2)10(3)14-12(4,5)6/h10-11,13H,7-9H2,1-6H3. The van der Waals surface area contributed by atoms with Crippen LogP contribution in [0.2, 0.25) is 0 Å². The molecular weight excluding hydrogens is 174 g/mol. The van der Waals surface area contributed by atoms with Crippen molar-refractivity contribution in [3.63, 3.8) is 0 Å². The molecule has 0 bridgehead atoms. The van der Waals surface area contributed by atoms with Crippen molar-refractivity contribution >= 4 is 0 Å². The van der Waals surface area contributed by atoms with Crippen LogP contribution >= 0.6 is 0 Å². The zero-order valence-electron chi connectivity index (χ0n) is 10.7. The van der Waals surface area contributed by atoms with Crippen molar-refractivity contribution in [3.8, 4) is 0 Å². The van der Waals surface area contributed by atoms with Gasteiger partial charge in [-0.1, -0.05) is 13.8 Å². The Morgan fingerprint density at radius 1 is 1.21 bits per heavy atom. The van der Waals surface area contributed by atoms with Gasteiger partial charge in [0, 0.05) is 6.04 Å². The van der Waals surface area contributed by atoms with E-state index in [1.54, 1.807) is 0 Å². The van der Waals surface area contributed by atoms with Crippen LogP contribution in [0.15, 0.2) is 0 Å². The quantitative estimate of drug-likeness (QED) is 0.713. The molecule has 2 unspecified atom stereocenters. The van der Waals surface area contributed by atoms with Crippen LogP contribution in [0.4, 0.5) is 0 Å². The highest BCUT2D eigenvalue weighted by atomic mass is 16.5. The number of ether oxygens (including phenoxy) is 1. The van der Waals surface area contributed by atoms with E-state index in [4.69, 9.17) is 4.74 Å². The SMILES string of the molecule is CCCNC(CC)C(C)OC(C)(C)C. The summed E-state index contributed by atoms with van der Waals surface area (Å²) in [7, 11) is 0. The van der Waals surface area contributed by atoms with Crippen molar-refractivity contribution in [1.82, 2.24) is 5.32 Å². The first-order chi connectivity index (χ1) is 6.40. The Kier molecular flexibility index (Phi) is 6.38. The minimum absolute atomic E-state index is 0.0409. The Labute approximate surface area is 89.4 Å². The van der Waals surface area contributed by atoms with Gasteiger partial charge >= 0.3 is 0 Å². The summed E-state index contributed by atoms with van der Waals surface area (Å²) in [4.78, 5) is 0. The second-order valence-corrected chi connectivity index (χ2v) is 4.90. The summed E-state index contributed by atoms with van der Waals surface area (Å²) in [6.45, 7) is 13.9. The highest BCUT2D eigenvalue weighted by Crippen LogP contribution is 2.14. The predicted molar refractivity (Wildman–Crippen MR) is 62.7 cm³/mol. The van der Waals surface area contributed by atoms with Gasteiger partial charge < -0.3 is 10.1 Å². The van der Waals surface area contributed by atoms with Gasteiger partial charge in [-0.15, -0.1) is 0 Å². The number of rotatable bonds is 6. The van der Waals surface area contributed by atoms with Crippen LogP contribution in [-0.4, -0.2) is 24.3 Å². The molecule has 0 aliphatic carbocycles. The maximum Gasteiger partial charge on any atom is 0.0706 e. The molecule has 14 heavy (non-hydrogen) atoms. The van der Waals surface area contributed by atoms with Gasteiger partial charge in [-0.3, -0.25) is 0 Å². The Bertz CT molecular complexity index is 140. The lowest BCUT2D eigenvalue weighted by Crippen LogP contribution is -2.42. The molecule has 0 aromatic heterocycles. The highest BCUT2D eigenvalue weighted by Gasteiger charge is 2.21. The summed E-state index contributed by atoms with van der Waals surface area (Å²) in [5.74, 6) is 0. The van der Waals surface area contributed by atoms with Gasteiger partial charge in [0.25, 0.3) is 0 Å². The summed E-state index contributed by atoms with van der Waals surface area (Å²) >= 11 is 0. The average molecular weight is 201 g/mol. The number of nitrogens with one attached hydrogen (secondary N) is 1. The van der Waals surface area contributed by atoms with E-state index in [1.165, 1.54) is 6.42 Å². The van der Waals surface area contributed by atoms with Crippen molar-refractivity contribution in [2.75, 3.05) is 6.54 Å². The van der Waals surface area contributed by atoms with Gasteiger partial charge in [0.15, 0.2) is 0 Å². The van der Waals surface area contributed by atoms with Crippen molar-refractivity contribution in [3.05, 3.63) is 0 Å². The van der Waals surface area contributed by atoms with Gasteiger partial charge in [-0.2, -0.15) is 0 Å². The molecular formula is C12H27NO. The van der Waals surface area contributed by atoms with E-state index < -0.39 is 0 Å². The van der Waals surface area contributed by atoms with Gasteiger partial charge in [0.1, 0.15) is 0 Å². The summed E-state index contributed by atoms with van der Waals surface area (Å²) < 4.78 is 5.93. The molecule has 0 rings (SSSR count). The van der Waals surface area contributed by atoms with Gasteiger partial charge in [-0.25, -0.2) is 0 Å². The number of hydrogen-bond donors (Lipinski definition) is 1. The molecule has 0 radical (unpaired) electrons. The molecule has 0 spiro atoms. The third-order valence-corrected chi connectivity index (χ3v) is 2.20. The Morgan fingerprint density at radius 3 is 2.14 bits per heavy atom. The second-order valence-electron chi connectivity index (χ2n) is 4.90.